The third kappa shape index (κ3) is 5.02. The molecule has 0 amide bonds. The summed E-state index contributed by atoms with van der Waals surface area (Å²) in [6.07, 6.45) is 0.0930. The zero-order valence-electron chi connectivity index (χ0n) is 10.6. The van der Waals surface area contributed by atoms with Crippen LogP contribution in [0.2, 0.25) is 0 Å². The fourth-order valence-electron chi connectivity index (χ4n) is 1.70. The molecule has 2 atom stereocenters. The molecule has 0 aliphatic heterocycles. The van der Waals surface area contributed by atoms with Crippen LogP contribution in [-0.4, -0.2) is 31.5 Å². The van der Waals surface area contributed by atoms with E-state index in [4.69, 9.17) is 4.74 Å². The first-order valence-corrected chi connectivity index (χ1v) is 6.69. The number of benzene rings is 1. The minimum atomic E-state index is -0.484. The lowest BCUT2D eigenvalue weighted by Crippen LogP contribution is -2.26. The maximum absolute atomic E-state index is 13.6. The van der Waals surface area contributed by atoms with Crippen LogP contribution in [0.15, 0.2) is 22.7 Å². The Kier molecular flexibility index (Phi) is 6.78. The highest BCUT2D eigenvalue weighted by Crippen LogP contribution is 2.21. The monoisotopic (exact) mass is 319 g/mol. The molecule has 0 bridgehead atoms. The van der Waals surface area contributed by atoms with Gasteiger partial charge in [-0.1, -0.05) is 15.9 Å². The number of nitrogens with one attached hydrogen (secondary N) is 1. The van der Waals surface area contributed by atoms with Gasteiger partial charge in [-0.05, 0) is 38.1 Å². The van der Waals surface area contributed by atoms with E-state index in [1.54, 1.807) is 19.2 Å². The van der Waals surface area contributed by atoms with Crippen molar-refractivity contribution in [2.75, 3.05) is 20.3 Å². The van der Waals surface area contributed by atoms with E-state index in [0.717, 1.165) is 4.47 Å². The smallest absolute Gasteiger partial charge is 0.128 e. The fourth-order valence-corrected chi connectivity index (χ4v) is 2.08. The van der Waals surface area contributed by atoms with Crippen molar-refractivity contribution < 1.29 is 14.2 Å². The van der Waals surface area contributed by atoms with E-state index in [-0.39, 0.29) is 11.9 Å². The molecule has 1 aromatic rings. The van der Waals surface area contributed by atoms with Crippen LogP contribution in [0.25, 0.3) is 0 Å². The molecule has 0 aliphatic carbocycles. The molecule has 2 unspecified atom stereocenters. The summed E-state index contributed by atoms with van der Waals surface area (Å²) in [7, 11) is 1.55. The largest absolute Gasteiger partial charge is 0.391 e. The maximum atomic E-state index is 13.6. The standard InChI is InChI=1S/C13H19BrFNO2/c1-9(16-6-5-11(17)8-18-2)12-7-10(14)3-4-13(12)15/h3-4,7,9,11,16-17H,5-6,8H2,1-2H3. The van der Waals surface area contributed by atoms with E-state index in [2.05, 4.69) is 21.2 Å². The highest BCUT2D eigenvalue weighted by molar-refractivity contribution is 9.10. The molecule has 1 rings (SSSR count). The summed E-state index contributed by atoms with van der Waals surface area (Å²) < 4.78 is 19.3. The predicted molar refractivity (Wildman–Crippen MR) is 73.0 cm³/mol. The van der Waals surface area contributed by atoms with Gasteiger partial charge in [0.2, 0.25) is 0 Å². The Hall–Kier alpha value is -0.490. The second-order valence-corrected chi connectivity index (χ2v) is 5.16. The van der Waals surface area contributed by atoms with E-state index >= 15 is 0 Å². The number of aliphatic hydroxyl groups is 1. The molecule has 0 radical (unpaired) electrons. The van der Waals surface area contributed by atoms with E-state index in [1.165, 1.54) is 6.07 Å². The second kappa shape index (κ2) is 7.84. The second-order valence-electron chi connectivity index (χ2n) is 4.24. The summed E-state index contributed by atoms with van der Waals surface area (Å²) in [6.45, 7) is 2.83. The molecule has 1 aromatic carbocycles. The van der Waals surface area contributed by atoms with E-state index in [0.29, 0.717) is 25.1 Å². The number of ether oxygens (including phenoxy) is 1. The van der Waals surface area contributed by atoms with Crippen LogP contribution >= 0.6 is 15.9 Å². The van der Waals surface area contributed by atoms with Gasteiger partial charge in [0.25, 0.3) is 0 Å². The van der Waals surface area contributed by atoms with Crippen molar-refractivity contribution in [2.24, 2.45) is 0 Å². The van der Waals surface area contributed by atoms with Gasteiger partial charge < -0.3 is 15.2 Å². The van der Waals surface area contributed by atoms with Crippen LogP contribution in [0.1, 0.15) is 24.9 Å². The van der Waals surface area contributed by atoms with Crippen molar-refractivity contribution in [1.82, 2.24) is 5.32 Å². The summed E-state index contributed by atoms with van der Waals surface area (Å²) in [5, 5.41) is 12.7. The van der Waals surface area contributed by atoms with Crippen molar-refractivity contribution in [3.8, 4) is 0 Å². The highest BCUT2D eigenvalue weighted by Gasteiger charge is 2.11. The van der Waals surface area contributed by atoms with Gasteiger partial charge in [0.1, 0.15) is 5.82 Å². The lowest BCUT2D eigenvalue weighted by Gasteiger charge is -2.17. The third-order valence-electron chi connectivity index (χ3n) is 2.71. The minimum absolute atomic E-state index is 0.0998. The Morgan fingerprint density at radius 1 is 1.50 bits per heavy atom. The zero-order chi connectivity index (χ0) is 13.5. The number of hydrogen-bond donors (Lipinski definition) is 2. The van der Waals surface area contributed by atoms with Gasteiger partial charge in [-0.2, -0.15) is 0 Å². The molecule has 0 spiro atoms. The Bertz CT molecular complexity index is 376. The van der Waals surface area contributed by atoms with Gasteiger partial charge in [-0.15, -0.1) is 0 Å². The summed E-state index contributed by atoms with van der Waals surface area (Å²) in [5.74, 6) is -0.226. The van der Waals surface area contributed by atoms with Gasteiger partial charge >= 0.3 is 0 Å². The molecule has 2 N–H and O–H groups in total. The maximum Gasteiger partial charge on any atom is 0.128 e. The Morgan fingerprint density at radius 3 is 2.89 bits per heavy atom. The van der Waals surface area contributed by atoms with Crippen LogP contribution in [0.3, 0.4) is 0 Å². The van der Waals surface area contributed by atoms with E-state index in [9.17, 15) is 9.50 Å². The van der Waals surface area contributed by atoms with Crippen molar-refractivity contribution >= 4 is 15.9 Å². The predicted octanol–water partition coefficient (Wildman–Crippen LogP) is 2.64. The van der Waals surface area contributed by atoms with Crippen LogP contribution in [0.5, 0.6) is 0 Å². The molecular formula is C13H19BrFNO2. The Labute approximate surface area is 115 Å². The summed E-state index contributed by atoms with van der Waals surface area (Å²) in [5.41, 5.74) is 0.616. The molecule has 5 heteroatoms. The molecule has 0 heterocycles. The molecule has 0 saturated carbocycles. The van der Waals surface area contributed by atoms with Crippen LogP contribution in [0.4, 0.5) is 4.39 Å². The lowest BCUT2D eigenvalue weighted by atomic mass is 10.1. The van der Waals surface area contributed by atoms with Crippen molar-refractivity contribution in [3.05, 3.63) is 34.1 Å². The Balaban J connectivity index is 2.45. The molecule has 18 heavy (non-hydrogen) atoms. The molecule has 102 valence electrons. The quantitative estimate of drug-likeness (QED) is 0.811. The number of methoxy groups -OCH3 is 1. The van der Waals surface area contributed by atoms with Crippen LogP contribution in [-0.2, 0) is 4.74 Å². The van der Waals surface area contributed by atoms with Gasteiger partial charge in [0, 0.05) is 23.2 Å². The first-order chi connectivity index (χ1) is 8.54. The molecule has 0 saturated heterocycles. The van der Waals surface area contributed by atoms with Crippen molar-refractivity contribution in [2.45, 2.75) is 25.5 Å². The molecule has 0 aliphatic rings. The van der Waals surface area contributed by atoms with Gasteiger partial charge in [0.15, 0.2) is 0 Å². The van der Waals surface area contributed by atoms with Gasteiger partial charge in [0.05, 0.1) is 12.7 Å². The summed E-state index contributed by atoms with van der Waals surface area (Å²) >= 11 is 3.33. The van der Waals surface area contributed by atoms with Crippen molar-refractivity contribution in [1.29, 1.82) is 0 Å². The third-order valence-corrected chi connectivity index (χ3v) is 3.20. The Morgan fingerprint density at radius 2 is 2.22 bits per heavy atom. The highest BCUT2D eigenvalue weighted by atomic mass is 79.9. The molecular weight excluding hydrogens is 301 g/mol. The normalized spacial score (nSPS) is 14.5. The summed E-state index contributed by atoms with van der Waals surface area (Å²) in [4.78, 5) is 0. The number of halogens is 2. The van der Waals surface area contributed by atoms with E-state index in [1.807, 2.05) is 6.92 Å². The summed E-state index contributed by atoms with van der Waals surface area (Å²) in [6, 6.07) is 4.78. The molecule has 0 aromatic heterocycles. The average Bonchev–Trinajstić information content (AvgIpc) is 2.32. The first kappa shape index (κ1) is 15.6. The SMILES string of the molecule is COCC(O)CCNC(C)c1cc(Br)ccc1F. The fraction of sp³-hybridized carbons (Fsp3) is 0.538. The van der Waals surface area contributed by atoms with E-state index < -0.39 is 6.10 Å². The zero-order valence-corrected chi connectivity index (χ0v) is 12.2. The minimum Gasteiger partial charge on any atom is -0.391 e. The number of rotatable bonds is 7. The van der Waals surface area contributed by atoms with Gasteiger partial charge in [-0.25, -0.2) is 4.39 Å². The average molecular weight is 320 g/mol. The topological polar surface area (TPSA) is 41.5 Å². The van der Waals surface area contributed by atoms with Gasteiger partial charge in [-0.3, -0.25) is 0 Å². The number of hydrogen-bond acceptors (Lipinski definition) is 3. The van der Waals surface area contributed by atoms with Crippen LogP contribution in [0, 0.1) is 5.82 Å². The number of aliphatic hydroxyl groups excluding tert-OH is 1. The van der Waals surface area contributed by atoms with Crippen LogP contribution < -0.4 is 5.32 Å². The molecule has 0 fully saturated rings. The lowest BCUT2D eigenvalue weighted by molar-refractivity contribution is 0.0590. The van der Waals surface area contributed by atoms with Crippen molar-refractivity contribution in [3.63, 3.8) is 0 Å². The first-order valence-electron chi connectivity index (χ1n) is 5.90. The molecule has 3 nitrogen and oxygen atoms in total.